The van der Waals surface area contributed by atoms with E-state index in [1.54, 1.807) is 31.0 Å². The Morgan fingerprint density at radius 1 is 1.35 bits per heavy atom. The van der Waals surface area contributed by atoms with Crippen molar-refractivity contribution in [3.8, 4) is 0 Å². The lowest BCUT2D eigenvalue weighted by Crippen LogP contribution is -2.23. The number of hydrogen-bond acceptors (Lipinski definition) is 5. The van der Waals surface area contributed by atoms with E-state index in [-0.39, 0.29) is 11.4 Å². The van der Waals surface area contributed by atoms with Crippen LogP contribution in [0.25, 0.3) is 0 Å². The van der Waals surface area contributed by atoms with Crippen LogP contribution in [-0.4, -0.2) is 30.2 Å². The Morgan fingerprint density at radius 2 is 2.10 bits per heavy atom. The summed E-state index contributed by atoms with van der Waals surface area (Å²) in [5.74, 6) is 0.618. The number of aromatic nitrogens is 3. The first kappa shape index (κ1) is 14.5. The molecule has 20 heavy (non-hydrogen) atoms. The maximum atomic E-state index is 12.1. The van der Waals surface area contributed by atoms with E-state index in [0.717, 1.165) is 11.3 Å². The van der Waals surface area contributed by atoms with Crippen molar-refractivity contribution in [1.82, 2.24) is 19.5 Å². The van der Waals surface area contributed by atoms with Gasteiger partial charge in [0.2, 0.25) is 10.0 Å². The largest absolute Gasteiger partial charge is 0.373 e. The third kappa shape index (κ3) is 3.14. The van der Waals surface area contributed by atoms with Gasteiger partial charge in [0.05, 0.1) is 5.69 Å². The first-order valence-corrected chi connectivity index (χ1v) is 7.53. The molecule has 2 aromatic heterocycles. The van der Waals surface area contributed by atoms with Crippen LogP contribution in [0.3, 0.4) is 0 Å². The lowest BCUT2D eigenvalue weighted by Gasteiger charge is -2.06. The number of nitrogens with one attached hydrogen (secondary N) is 2. The molecule has 0 radical (unpaired) electrons. The summed E-state index contributed by atoms with van der Waals surface area (Å²) < 4.78 is 28.4. The predicted octanol–water partition coefficient (Wildman–Crippen LogP) is 0.644. The van der Waals surface area contributed by atoms with E-state index in [0.29, 0.717) is 5.82 Å². The number of sulfonamides is 1. The van der Waals surface area contributed by atoms with E-state index in [1.807, 2.05) is 6.92 Å². The number of hydrogen-bond donors (Lipinski definition) is 2. The molecule has 0 saturated carbocycles. The van der Waals surface area contributed by atoms with Crippen LogP contribution in [0.5, 0.6) is 0 Å². The van der Waals surface area contributed by atoms with Gasteiger partial charge in [-0.1, -0.05) is 0 Å². The van der Waals surface area contributed by atoms with Gasteiger partial charge in [0.1, 0.15) is 10.7 Å². The van der Waals surface area contributed by atoms with E-state index in [9.17, 15) is 8.42 Å². The molecule has 108 valence electrons. The summed E-state index contributed by atoms with van der Waals surface area (Å²) in [4.78, 5) is 4.13. The molecule has 0 aliphatic heterocycles. The van der Waals surface area contributed by atoms with Gasteiger partial charge >= 0.3 is 0 Å². The van der Waals surface area contributed by atoms with Crippen molar-refractivity contribution in [3.63, 3.8) is 0 Å². The molecule has 8 heteroatoms. The van der Waals surface area contributed by atoms with Crippen LogP contribution in [0.1, 0.15) is 11.3 Å². The molecule has 0 atom stereocenters. The molecular formula is C12H17N5O2S. The Labute approximate surface area is 118 Å². The predicted molar refractivity (Wildman–Crippen MR) is 75.8 cm³/mol. The van der Waals surface area contributed by atoms with Crippen LogP contribution in [0.2, 0.25) is 0 Å². The maximum Gasteiger partial charge on any atom is 0.242 e. The molecular weight excluding hydrogens is 278 g/mol. The fraction of sp³-hybridized carbons (Fsp3) is 0.333. The van der Waals surface area contributed by atoms with E-state index < -0.39 is 10.0 Å². The second-order valence-corrected chi connectivity index (χ2v) is 6.13. The quantitative estimate of drug-likeness (QED) is 0.845. The molecule has 0 unspecified atom stereocenters. The fourth-order valence-corrected chi connectivity index (χ4v) is 2.72. The van der Waals surface area contributed by atoms with Gasteiger partial charge in [-0.15, -0.1) is 0 Å². The Morgan fingerprint density at radius 3 is 2.60 bits per heavy atom. The van der Waals surface area contributed by atoms with Gasteiger partial charge in [-0.3, -0.25) is 4.68 Å². The SMILES string of the molecule is CNc1ccc(S(=O)(=O)NCc2cn(C)nc2C)cn1. The minimum Gasteiger partial charge on any atom is -0.373 e. The Bertz CT molecular complexity index is 691. The van der Waals surface area contributed by atoms with E-state index >= 15 is 0 Å². The number of rotatable bonds is 5. The maximum absolute atomic E-state index is 12.1. The molecule has 0 aliphatic carbocycles. The van der Waals surface area contributed by atoms with Crippen molar-refractivity contribution in [2.24, 2.45) is 7.05 Å². The van der Waals surface area contributed by atoms with Crippen LogP contribution < -0.4 is 10.0 Å². The zero-order chi connectivity index (χ0) is 14.8. The van der Waals surface area contributed by atoms with Crippen molar-refractivity contribution in [2.75, 3.05) is 12.4 Å². The van der Waals surface area contributed by atoms with Crippen LogP contribution in [0.15, 0.2) is 29.4 Å². The second kappa shape index (κ2) is 5.59. The number of pyridine rings is 1. The molecule has 0 bridgehead atoms. The number of aryl methyl sites for hydroxylation is 2. The number of anilines is 1. The van der Waals surface area contributed by atoms with Crippen LogP contribution in [0, 0.1) is 6.92 Å². The normalized spacial score (nSPS) is 11.6. The molecule has 0 aromatic carbocycles. The number of nitrogens with zero attached hydrogens (tertiary/aromatic N) is 3. The molecule has 2 N–H and O–H groups in total. The molecule has 2 aromatic rings. The summed E-state index contributed by atoms with van der Waals surface area (Å²) in [5, 5.41) is 7.00. The summed E-state index contributed by atoms with van der Waals surface area (Å²) in [6.45, 7) is 2.04. The van der Waals surface area contributed by atoms with Gasteiger partial charge in [-0.25, -0.2) is 18.1 Å². The fourth-order valence-electron chi connectivity index (χ4n) is 1.77. The monoisotopic (exact) mass is 295 g/mol. The third-order valence-electron chi connectivity index (χ3n) is 2.87. The van der Waals surface area contributed by atoms with Crippen molar-refractivity contribution in [2.45, 2.75) is 18.4 Å². The molecule has 0 amide bonds. The average Bonchev–Trinajstić information content (AvgIpc) is 2.75. The zero-order valence-electron chi connectivity index (χ0n) is 11.6. The van der Waals surface area contributed by atoms with Crippen molar-refractivity contribution < 1.29 is 8.42 Å². The highest BCUT2D eigenvalue weighted by Gasteiger charge is 2.15. The summed E-state index contributed by atoms with van der Waals surface area (Å²) in [5.41, 5.74) is 1.65. The van der Waals surface area contributed by atoms with Gasteiger partial charge in [-0.2, -0.15) is 5.10 Å². The van der Waals surface area contributed by atoms with Crippen molar-refractivity contribution >= 4 is 15.8 Å². The molecule has 7 nitrogen and oxygen atoms in total. The van der Waals surface area contributed by atoms with Gasteiger partial charge < -0.3 is 5.32 Å². The summed E-state index contributed by atoms with van der Waals surface area (Å²) in [6, 6.07) is 3.13. The summed E-state index contributed by atoms with van der Waals surface area (Å²) >= 11 is 0. The lowest BCUT2D eigenvalue weighted by atomic mass is 10.3. The molecule has 0 spiro atoms. The third-order valence-corrected chi connectivity index (χ3v) is 4.26. The van der Waals surface area contributed by atoms with E-state index in [1.165, 1.54) is 12.3 Å². The Kier molecular flexibility index (Phi) is 4.05. The van der Waals surface area contributed by atoms with Crippen molar-refractivity contribution in [1.29, 1.82) is 0 Å². The molecule has 2 rings (SSSR count). The first-order chi connectivity index (χ1) is 9.42. The van der Waals surface area contributed by atoms with Gasteiger partial charge in [0.25, 0.3) is 0 Å². The van der Waals surface area contributed by atoms with Crippen molar-refractivity contribution in [3.05, 3.63) is 35.8 Å². The standard InChI is InChI=1S/C12H17N5O2S/c1-9-10(8-17(3)16-9)6-15-20(18,19)11-4-5-12(13-2)14-7-11/h4-5,7-8,15H,6H2,1-3H3,(H,13,14). The topological polar surface area (TPSA) is 88.9 Å². The van der Waals surface area contributed by atoms with E-state index in [2.05, 4.69) is 20.1 Å². The first-order valence-electron chi connectivity index (χ1n) is 6.05. The minimum atomic E-state index is -3.57. The lowest BCUT2D eigenvalue weighted by molar-refractivity contribution is 0.581. The Hall–Kier alpha value is -1.93. The van der Waals surface area contributed by atoms with E-state index in [4.69, 9.17) is 0 Å². The molecule has 0 saturated heterocycles. The van der Waals surface area contributed by atoms with Crippen LogP contribution in [-0.2, 0) is 23.6 Å². The summed E-state index contributed by atoms with van der Waals surface area (Å²) in [6.07, 6.45) is 3.12. The van der Waals surface area contributed by atoms with Gasteiger partial charge in [0, 0.05) is 38.6 Å². The zero-order valence-corrected chi connectivity index (χ0v) is 12.4. The summed E-state index contributed by atoms with van der Waals surface area (Å²) in [7, 11) is -0.0491. The minimum absolute atomic E-state index is 0.137. The highest BCUT2D eigenvalue weighted by atomic mass is 32.2. The smallest absolute Gasteiger partial charge is 0.242 e. The van der Waals surface area contributed by atoms with Crippen LogP contribution in [0.4, 0.5) is 5.82 Å². The Balaban J connectivity index is 2.12. The molecule has 0 aliphatic rings. The molecule has 0 fully saturated rings. The van der Waals surface area contributed by atoms with Crippen LogP contribution >= 0.6 is 0 Å². The average molecular weight is 295 g/mol. The highest BCUT2D eigenvalue weighted by Crippen LogP contribution is 2.11. The highest BCUT2D eigenvalue weighted by molar-refractivity contribution is 7.89. The van der Waals surface area contributed by atoms with Gasteiger partial charge in [0.15, 0.2) is 0 Å². The second-order valence-electron chi connectivity index (χ2n) is 4.37. The molecule has 2 heterocycles. The van der Waals surface area contributed by atoms with Gasteiger partial charge in [-0.05, 0) is 19.1 Å².